The molecule has 8 nitrogen and oxygen atoms in total. The Labute approximate surface area is 231 Å². The van der Waals surface area contributed by atoms with Gasteiger partial charge in [-0.1, -0.05) is 11.6 Å². The highest BCUT2D eigenvalue weighted by molar-refractivity contribution is 7.89. The number of aromatic nitrogens is 3. The van der Waals surface area contributed by atoms with Crippen LogP contribution in [0.15, 0.2) is 83.5 Å². The summed E-state index contributed by atoms with van der Waals surface area (Å²) in [5.41, 5.74) is 2.96. The molecular weight excluding hydrogens is 531 g/mol. The summed E-state index contributed by atoms with van der Waals surface area (Å²) >= 11 is 0. The molecule has 1 unspecified atom stereocenters. The Bertz CT molecular complexity index is 1750. The van der Waals surface area contributed by atoms with Crippen molar-refractivity contribution in [2.45, 2.75) is 24.7 Å². The molecule has 1 fully saturated rings. The monoisotopic (exact) mass is 558 g/mol. The van der Waals surface area contributed by atoms with Crippen molar-refractivity contribution in [3.05, 3.63) is 107 Å². The lowest BCUT2D eigenvalue weighted by atomic mass is 9.65. The van der Waals surface area contributed by atoms with Gasteiger partial charge in [0.2, 0.25) is 10.0 Å². The summed E-state index contributed by atoms with van der Waals surface area (Å²) in [7, 11) is -2.37. The smallest absolute Gasteiger partial charge is 0.243 e. The van der Waals surface area contributed by atoms with Crippen LogP contribution in [-0.4, -0.2) is 53.5 Å². The highest BCUT2D eigenvalue weighted by atomic mass is 32.2. The maximum atomic E-state index is 14.2. The van der Waals surface area contributed by atoms with E-state index in [9.17, 15) is 17.6 Å². The van der Waals surface area contributed by atoms with E-state index in [1.165, 1.54) is 29.6 Å². The number of methoxy groups -OCH3 is 1. The maximum absolute atomic E-state index is 14.2. The molecule has 6 rings (SSSR count). The number of pyridine rings is 1. The molecule has 2 aliphatic rings. The van der Waals surface area contributed by atoms with Crippen LogP contribution in [0, 0.1) is 18.2 Å². The number of sulfonamides is 1. The first kappa shape index (κ1) is 26.1. The molecule has 0 N–H and O–H groups in total. The lowest BCUT2D eigenvalue weighted by Crippen LogP contribution is -2.53. The van der Waals surface area contributed by atoms with Crippen LogP contribution in [0.4, 0.5) is 4.39 Å². The molecule has 0 spiro atoms. The lowest BCUT2D eigenvalue weighted by Gasteiger charge is -2.44. The Morgan fingerprint density at radius 3 is 2.60 bits per heavy atom. The molecule has 1 atom stereocenters. The number of carbonyl (C=O) groups is 1. The minimum absolute atomic E-state index is 0.0250. The zero-order valence-electron chi connectivity index (χ0n) is 22.0. The summed E-state index contributed by atoms with van der Waals surface area (Å²) in [5, 5.41) is 4.54. The summed E-state index contributed by atoms with van der Waals surface area (Å²) < 4.78 is 49.7. The first-order valence-corrected chi connectivity index (χ1v) is 14.3. The molecule has 2 aromatic heterocycles. The van der Waals surface area contributed by atoms with E-state index in [0.717, 1.165) is 16.8 Å². The highest BCUT2D eigenvalue weighted by Crippen LogP contribution is 2.47. The number of ketones is 1. The number of rotatable bonds is 6. The van der Waals surface area contributed by atoms with Gasteiger partial charge < -0.3 is 4.74 Å². The molecule has 40 heavy (non-hydrogen) atoms. The Balaban J connectivity index is 1.44. The second-order valence-electron chi connectivity index (χ2n) is 10.1. The van der Waals surface area contributed by atoms with Crippen LogP contribution in [0.1, 0.15) is 33.7 Å². The van der Waals surface area contributed by atoms with Crippen molar-refractivity contribution in [1.29, 1.82) is 0 Å². The topological polar surface area (TPSA) is 94.4 Å². The predicted octanol–water partition coefficient (Wildman–Crippen LogP) is 4.63. The van der Waals surface area contributed by atoms with Crippen LogP contribution in [0.3, 0.4) is 0 Å². The molecule has 1 aliphatic carbocycles. The number of piperidine rings is 1. The number of nitrogens with zero attached hydrogens (tertiary/aromatic N) is 4. The van der Waals surface area contributed by atoms with Crippen molar-refractivity contribution in [1.82, 2.24) is 19.1 Å². The van der Waals surface area contributed by atoms with Gasteiger partial charge in [0, 0.05) is 19.3 Å². The number of ether oxygens (including phenoxy) is 1. The average molecular weight is 559 g/mol. The third kappa shape index (κ3) is 4.24. The summed E-state index contributed by atoms with van der Waals surface area (Å²) in [4.78, 5) is 18.7. The molecular formula is C30H27FN4O4S. The van der Waals surface area contributed by atoms with Crippen molar-refractivity contribution >= 4 is 21.9 Å². The molecule has 0 radical (unpaired) electrons. The number of carbonyl (C=O) groups excluding carboxylic acids is 1. The Hall–Kier alpha value is -4.15. The minimum Gasteiger partial charge on any atom is -0.496 e. The zero-order valence-corrected chi connectivity index (χ0v) is 22.9. The van der Waals surface area contributed by atoms with Gasteiger partial charge in [-0.25, -0.2) is 17.5 Å². The van der Waals surface area contributed by atoms with Crippen molar-refractivity contribution in [3.8, 4) is 11.4 Å². The third-order valence-electron chi connectivity index (χ3n) is 7.79. The number of aryl methyl sites for hydroxylation is 1. The fourth-order valence-electron chi connectivity index (χ4n) is 5.71. The van der Waals surface area contributed by atoms with Gasteiger partial charge in [0.25, 0.3) is 0 Å². The van der Waals surface area contributed by atoms with Gasteiger partial charge in [0.15, 0.2) is 5.78 Å². The van der Waals surface area contributed by atoms with Crippen LogP contribution in [-0.2, 0) is 16.4 Å². The Kier molecular flexibility index (Phi) is 6.39. The molecule has 0 bridgehead atoms. The molecule has 0 amide bonds. The molecule has 0 saturated carbocycles. The lowest BCUT2D eigenvalue weighted by molar-refractivity contribution is 0.0770. The van der Waals surface area contributed by atoms with Gasteiger partial charge in [0.05, 0.1) is 35.0 Å². The second kappa shape index (κ2) is 9.79. The summed E-state index contributed by atoms with van der Waals surface area (Å²) in [6, 6.07) is 16.0. The SMILES string of the molecule is COc1ccc(S(=O)(=O)N2CCC3=Cc4c(cnn4-c4ccc(F)cc4)CC3(C(=O)c3ccccn3)C2)cc1C. The van der Waals surface area contributed by atoms with Crippen molar-refractivity contribution < 1.29 is 22.3 Å². The van der Waals surface area contributed by atoms with Gasteiger partial charge in [-0.3, -0.25) is 9.78 Å². The van der Waals surface area contributed by atoms with E-state index in [1.54, 1.807) is 66.5 Å². The van der Waals surface area contributed by atoms with E-state index in [-0.39, 0.29) is 41.7 Å². The van der Waals surface area contributed by atoms with E-state index in [2.05, 4.69) is 10.1 Å². The van der Waals surface area contributed by atoms with Crippen LogP contribution >= 0.6 is 0 Å². The van der Waals surface area contributed by atoms with Crippen LogP contribution in [0.5, 0.6) is 5.75 Å². The van der Waals surface area contributed by atoms with Gasteiger partial charge in [0.1, 0.15) is 17.3 Å². The van der Waals surface area contributed by atoms with Gasteiger partial charge in [-0.05, 0) is 91.6 Å². The standard InChI is InChI=1S/C30H27FN4O4S/c1-20-15-25(10-11-28(20)39-2)40(37,38)34-14-12-22-16-27-21(18-33-35(27)24-8-6-23(31)7-9-24)17-30(22,19-34)29(36)26-5-3-4-13-32-26/h3-11,13,15-16,18H,12,14,17,19H2,1-2H3. The Morgan fingerprint density at radius 1 is 1.10 bits per heavy atom. The van der Waals surface area contributed by atoms with E-state index in [4.69, 9.17) is 4.74 Å². The number of halogens is 1. The first-order chi connectivity index (χ1) is 19.2. The zero-order chi connectivity index (χ0) is 28.1. The molecule has 1 saturated heterocycles. The quantitative estimate of drug-likeness (QED) is 0.321. The molecule has 3 heterocycles. The van der Waals surface area contributed by atoms with Crippen molar-refractivity contribution in [2.75, 3.05) is 20.2 Å². The number of Topliss-reactive ketones (excluding diaryl/α,β-unsaturated/α-hetero) is 1. The van der Waals surface area contributed by atoms with Crippen LogP contribution in [0.25, 0.3) is 11.8 Å². The average Bonchev–Trinajstić information content (AvgIpc) is 3.38. The maximum Gasteiger partial charge on any atom is 0.243 e. The Morgan fingerprint density at radius 2 is 1.90 bits per heavy atom. The highest BCUT2D eigenvalue weighted by Gasteiger charge is 2.51. The van der Waals surface area contributed by atoms with Gasteiger partial charge in [-0.15, -0.1) is 0 Å². The molecule has 10 heteroatoms. The normalized spacial score (nSPS) is 18.9. The van der Waals surface area contributed by atoms with E-state index in [1.807, 2.05) is 6.08 Å². The molecule has 204 valence electrons. The molecule has 1 aliphatic heterocycles. The van der Waals surface area contributed by atoms with Crippen molar-refractivity contribution in [2.24, 2.45) is 5.41 Å². The fourth-order valence-corrected chi connectivity index (χ4v) is 7.30. The van der Waals surface area contributed by atoms with E-state index < -0.39 is 15.4 Å². The van der Waals surface area contributed by atoms with Crippen molar-refractivity contribution in [3.63, 3.8) is 0 Å². The first-order valence-electron chi connectivity index (χ1n) is 12.9. The van der Waals surface area contributed by atoms with Gasteiger partial charge in [-0.2, -0.15) is 9.40 Å². The van der Waals surface area contributed by atoms with E-state index >= 15 is 0 Å². The van der Waals surface area contributed by atoms with Crippen LogP contribution < -0.4 is 4.74 Å². The van der Waals surface area contributed by atoms with Crippen LogP contribution in [0.2, 0.25) is 0 Å². The summed E-state index contributed by atoms with van der Waals surface area (Å²) in [5.74, 6) is 0.0247. The predicted molar refractivity (Wildman–Crippen MR) is 147 cm³/mol. The molecule has 4 aromatic rings. The number of fused-ring (bicyclic) bond motifs is 2. The minimum atomic E-state index is -3.91. The van der Waals surface area contributed by atoms with Gasteiger partial charge >= 0.3 is 0 Å². The third-order valence-corrected chi connectivity index (χ3v) is 9.63. The molecule has 2 aromatic carbocycles. The summed E-state index contributed by atoms with van der Waals surface area (Å²) in [6.45, 7) is 1.99. The fraction of sp³-hybridized carbons (Fsp3) is 0.233. The van der Waals surface area contributed by atoms with E-state index in [0.29, 0.717) is 23.4 Å². The number of hydrogen-bond acceptors (Lipinski definition) is 6. The second-order valence-corrected chi connectivity index (χ2v) is 12.1. The number of benzene rings is 2. The number of hydrogen-bond donors (Lipinski definition) is 0. The summed E-state index contributed by atoms with van der Waals surface area (Å²) in [6.07, 6.45) is 5.82. The largest absolute Gasteiger partial charge is 0.496 e.